The van der Waals surface area contributed by atoms with E-state index in [1.54, 1.807) is 23.1 Å². The Hall–Kier alpha value is -2.04. The molecule has 1 fully saturated rings. The lowest BCUT2D eigenvalue weighted by Crippen LogP contribution is -2.26. The van der Waals surface area contributed by atoms with E-state index in [0.29, 0.717) is 16.6 Å². The predicted molar refractivity (Wildman–Crippen MR) is 97.9 cm³/mol. The molecule has 0 aromatic heterocycles. The number of hydrogen-bond acceptors (Lipinski definition) is 3. The molecule has 6 heteroatoms. The van der Waals surface area contributed by atoms with Gasteiger partial charge in [0.05, 0.1) is 16.0 Å². The second-order valence-corrected chi connectivity index (χ2v) is 6.91. The molecule has 1 aliphatic heterocycles. The third-order valence-corrected chi connectivity index (χ3v) is 4.91. The fourth-order valence-electron chi connectivity index (χ4n) is 2.74. The molecule has 1 aliphatic rings. The van der Waals surface area contributed by atoms with Crippen molar-refractivity contribution in [2.45, 2.75) is 20.0 Å². The quantitative estimate of drug-likeness (QED) is 0.741. The van der Waals surface area contributed by atoms with E-state index in [9.17, 15) is 9.59 Å². The summed E-state index contributed by atoms with van der Waals surface area (Å²) in [5.74, 6) is -0.911. The van der Waals surface area contributed by atoms with Crippen molar-refractivity contribution in [2.24, 2.45) is 5.92 Å². The fourth-order valence-corrected chi connectivity index (χ4v) is 3.06. The summed E-state index contributed by atoms with van der Waals surface area (Å²) in [5.41, 5.74) is 2.67. The first-order valence-corrected chi connectivity index (χ1v) is 8.67. The third kappa shape index (κ3) is 4.14. The predicted octanol–water partition coefficient (Wildman–Crippen LogP) is 4.40. The van der Waals surface area contributed by atoms with Crippen molar-refractivity contribution >= 4 is 40.8 Å². The molecule has 2 aromatic carbocycles. The molecule has 0 spiro atoms. The second-order valence-electron chi connectivity index (χ2n) is 6.10. The Balaban J connectivity index is 1.60. The molecular weight excluding hydrogens is 361 g/mol. The van der Waals surface area contributed by atoms with E-state index in [2.05, 4.69) is 0 Å². The summed E-state index contributed by atoms with van der Waals surface area (Å²) >= 11 is 11.8. The number of ether oxygens (including phenoxy) is 1. The summed E-state index contributed by atoms with van der Waals surface area (Å²) in [4.78, 5) is 26.1. The summed E-state index contributed by atoms with van der Waals surface area (Å²) in [5, 5.41) is 0.865. The van der Waals surface area contributed by atoms with Crippen LogP contribution < -0.4 is 4.90 Å². The number of nitrogens with zero attached hydrogens (tertiary/aromatic N) is 1. The summed E-state index contributed by atoms with van der Waals surface area (Å²) in [6.45, 7) is 2.42. The van der Waals surface area contributed by atoms with E-state index in [0.717, 1.165) is 16.8 Å². The highest BCUT2D eigenvalue weighted by Gasteiger charge is 2.36. The third-order valence-electron chi connectivity index (χ3n) is 4.17. The highest BCUT2D eigenvalue weighted by Crippen LogP contribution is 2.27. The van der Waals surface area contributed by atoms with Gasteiger partial charge in [-0.2, -0.15) is 0 Å². The maximum Gasteiger partial charge on any atom is 0.311 e. The molecule has 3 rings (SSSR count). The van der Waals surface area contributed by atoms with E-state index < -0.39 is 5.92 Å². The van der Waals surface area contributed by atoms with Crippen molar-refractivity contribution in [2.75, 3.05) is 11.4 Å². The fraction of sp³-hybridized carbons (Fsp3) is 0.263. The molecule has 130 valence electrons. The average Bonchev–Trinajstić information content (AvgIpc) is 2.98. The van der Waals surface area contributed by atoms with Crippen LogP contribution in [0.15, 0.2) is 42.5 Å². The van der Waals surface area contributed by atoms with Crippen LogP contribution in [0.25, 0.3) is 0 Å². The standard InChI is InChI=1S/C19H17Cl2NO3/c1-12-2-5-15(6-3-12)22-10-14(9-18(22)23)19(24)25-11-13-4-7-16(20)17(21)8-13/h2-8,14H,9-11H2,1H3/t14-/m1/s1. The number of benzene rings is 2. The maximum absolute atomic E-state index is 12.3. The number of esters is 1. The first kappa shape index (κ1) is 17.8. The number of carbonyl (C=O) groups excluding carboxylic acids is 2. The first-order chi connectivity index (χ1) is 11.9. The van der Waals surface area contributed by atoms with E-state index in [4.69, 9.17) is 27.9 Å². The number of aryl methyl sites for hydroxylation is 1. The van der Waals surface area contributed by atoms with Crippen LogP contribution in [0.1, 0.15) is 17.5 Å². The molecule has 2 aromatic rings. The van der Waals surface area contributed by atoms with Gasteiger partial charge in [0.1, 0.15) is 6.61 Å². The molecule has 4 nitrogen and oxygen atoms in total. The number of carbonyl (C=O) groups is 2. The van der Waals surface area contributed by atoms with Crippen molar-refractivity contribution in [3.05, 3.63) is 63.6 Å². The van der Waals surface area contributed by atoms with Crippen LogP contribution in [0.3, 0.4) is 0 Å². The van der Waals surface area contributed by atoms with Crippen LogP contribution in [0, 0.1) is 12.8 Å². The van der Waals surface area contributed by atoms with Gasteiger partial charge in [-0.1, -0.05) is 47.0 Å². The minimum Gasteiger partial charge on any atom is -0.461 e. The minimum absolute atomic E-state index is 0.0691. The molecule has 0 saturated carbocycles. The van der Waals surface area contributed by atoms with Gasteiger partial charge in [0, 0.05) is 18.7 Å². The van der Waals surface area contributed by atoms with Crippen molar-refractivity contribution in [3.8, 4) is 0 Å². The number of anilines is 1. The number of amides is 1. The SMILES string of the molecule is Cc1ccc(N2C[C@H](C(=O)OCc3ccc(Cl)c(Cl)c3)CC2=O)cc1. The number of hydrogen-bond donors (Lipinski definition) is 0. The lowest BCUT2D eigenvalue weighted by atomic mass is 10.1. The molecule has 1 heterocycles. The Morgan fingerprint density at radius 2 is 1.88 bits per heavy atom. The molecule has 1 atom stereocenters. The van der Waals surface area contributed by atoms with Gasteiger partial charge < -0.3 is 9.64 Å². The average molecular weight is 378 g/mol. The van der Waals surface area contributed by atoms with Crippen LogP contribution in [0.2, 0.25) is 10.0 Å². The molecule has 1 saturated heterocycles. The van der Waals surface area contributed by atoms with Crippen molar-refractivity contribution < 1.29 is 14.3 Å². The van der Waals surface area contributed by atoms with E-state index >= 15 is 0 Å². The summed E-state index contributed by atoms with van der Waals surface area (Å²) in [7, 11) is 0. The van der Waals surface area contributed by atoms with E-state index in [1.807, 2.05) is 31.2 Å². The maximum atomic E-state index is 12.3. The summed E-state index contributed by atoms with van der Waals surface area (Å²) in [6.07, 6.45) is 0.161. The van der Waals surface area contributed by atoms with Gasteiger partial charge in [-0.15, -0.1) is 0 Å². The Morgan fingerprint density at radius 1 is 1.16 bits per heavy atom. The summed E-state index contributed by atoms with van der Waals surface area (Å²) < 4.78 is 5.34. The van der Waals surface area contributed by atoms with Crippen LogP contribution in [-0.4, -0.2) is 18.4 Å². The highest BCUT2D eigenvalue weighted by atomic mass is 35.5. The van der Waals surface area contributed by atoms with E-state index in [-0.39, 0.29) is 24.9 Å². The van der Waals surface area contributed by atoms with Crippen LogP contribution in [0.4, 0.5) is 5.69 Å². The lowest BCUT2D eigenvalue weighted by molar-refractivity contribution is -0.149. The number of rotatable bonds is 4. The zero-order valence-corrected chi connectivity index (χ0v) is 15.2. The van der Waals surface area contributed by atoms with Gasteiger partial charge >= 0.3 is 5.97 Å². The highest BCUT2D eigenvalue weighted by molar-refractivity contribution is 6.42. The lowest BCUT2D eigenvalue weighted by Gasteiger charge is -2.16. The van der Waals surface area contributed by atoms with Gasteiger partial charge in [-0.3, -0.25) is 9.59 Å². The van der Waals surface area contributed by atoms with Crippen LogP contribution >= 0.6 is 23.2 Å². The van der Waals surface area contributed by atoms with Crippen molar-refractivity contribution in [3.63, 3.8) is 0 Å². The Kier molecular flexibility index (Phi) is 5.30. The first-order valence-electron chi connectivity index (χ1n) is 7.91. The molecule has 1 amide bonds. The van der Waals surface area contributed by atoms with Crippen LogP contribution in [-0.2, 0) is 20.9 Å². The normalized spacial score (nSPS) is 17.0. The topological polar surface area (TPSA) is 46.6 Å². The smallest absolute Gasteiger partial charge is 0.311 e. The van der Waals surface area contributed by atoms with Gasteiger partial charge in [0.25, 0.3) is 0 Å². The van der Waals surface area contributed by atoms with Crippen LogP contribution in [0.5, 0.6) is 0 Å². The molecule has 0 unspecified atom stereocenters. The molecular formula is C19H17Cl2NO3. The Morgan fingerprint density at radius 3 is 2.56 bits per heavy atom. The minimum atomic E-state index is -0.462. The molecule has 25 heavy (non-hydrogen) atoms. The second kappa shape index (κ2) is 7.46. The molecule has 0 N–H and O–H groups in total. The van der Waals surface area contributed by atoms with Gasteiger partial charge in [-0.05, 0) is 36.8 Å². The van der Waals surface area contributed by atoms with Gasteiger partial charge in [0.2, 0.25) is 5.91 Å². The Bertz CT molecular complexity index is 805. The van der Waals surface area contributed by atoms with Gasteiger partial charge in [-0.25, -0.2) is 0 Å². The zero-order chi connectivity index (χ0) is 18.0. The molecule has 0 aliphatic carbocycles. The van der Waals surface area contributed by atoms with Crippen molar-refractivity contribution in [1.82, 2.24) is 0 Å². The zero-order valence-electron chi connectivity index (χ0n) is 13.7. The Labute approximate surface area is 156 Å². The molecule has 0 radical (unpaired) electrons. The monoisotopic (exact) mass is 377 g/mol. The van der Waals surface area contributed by atoms with E-state index in [1.165, 1.54) is 0 Å². The summed E-state index contributed by atoms with van der Waals surface area (Å²) in [6, 6.07) is 12.7. The largest absolute Gasteiger partial charge is 0.461 e. The van der Waals surface area contributed by atoms with Crippen molar-refractivity contribution in [1.29, 1.82) is 0 Å². The van der Waals surface area contributed by atoms with Gasteiger partial charge in [0.15, 0.2) is 0 Å². The number of halogens is 2. The molecule has 0 bridgehead atoms.